The number of aromatic carboxylic acids is 2. The number of carbonyl (C=O) groups is 3. The van der Waals surface area contributed by atoms with Gasteiger partial charge in [-0.2, -0.15) is 11.3 Å². The summed E-state index contributed by atoms with van der Waals surface area (Å²) >= 11 is 5.18. The molecule has 4 aromatic rings. The van der Waals surface area contributed by atoms with E-state index in [1.54, 1.807) is 48.9 Å². The van der Waals surface area contributed by atoms with E-state index in [0.717, 1.165) is 17.0 Å². The van der Waals surface area contributed by atoms with Gasteiger partial charge >= 0.3 is 17.9 Å². The van der Waals surface area contributed by atoms with E-state index < -0.39 is 23.5 Å². The third-order valence-electron chi connectivity index (χ3n) is 3.71. The van der Waals surface area contributed by atoms with Crippen molar-refractivity contribution in [3.8, 4) is 0 Å². The lowest BCUT2D eigenvalue weighted by Gasteiger charge is -2.18. The Morgan fingerprint density at radius 3 is 2.06 bits per heavy atom. The van der Waals surface area contributed by atoms with Gasteiger partial charge in [-0.25, -0.2) is 24.4 Å². The van der Waals surface area contributed by atoms with E-state index in [2.05, 4.69) is 20.6 Å². The highest BCUT2D eigenvalue weighted by atomic mass is 35.5. The lowest BCUT2D eigenvalue weighted by atomic mass is 10.2. The molecule has 4 N–H and O–H groups in total. The highest BCUT2D eigenvalue weighted by Crippen LogP contribution is 2.28. The van der Waals surface area contributed by atoms with Gasteiger partial charge in [0.05, 0.1) is 11.4 Å². The SMILES string of the molecule is CC(C)(C)OC(=O)c1csc(Nc2ccsc2C(=O)O)n1.Cl.O=C(O)c1csc(Nc2ccsc2)n1. The van der Waals surface area contributed by atoms with Crippen molar-refractivity contribution in [3.05, 3.63) is 55.3 Å². The van der Waals surface area contributed by atoms with E-state index in [4.69, 9.17) is 14.9 Å². The molecule has 0 saturated carbocycles. The molecular weight excluding hydrogens is 568 g/mol. The summed E-state index contributed by atoms with van der Waals surface area (Å²) in [5.41, 5.74) is 1.08. The third kappa shape index (κ3) is 8.57. The smallest absolute Gasteiger partial charge is 0.358 e. The van der Waals surface area contributed by atoms with E-state index in [0.29, 0.717) is 16.0 Å². The van der Waals surface area contributed by atoms with Crippen LogP contribution in [0.15, 0.2) is 39.0 Å². The number of carbonyl (C=O) groups excluding carboxylic acids is 1. The Bertz CT molecular complexity index is 1310. The molecule has 0 aromatic carbocycles. The molecule has 0 aliphatic heterocycles. The summed E-state index contributed by atoms with van der Waals surface area (Å²) < 4.78 is 5.22. The third-order valence-corrected chi connectivity index (χ3v) is 6.81. The number of thiophene rings is 2. The normalized spacial score (nSPS) is 10.4. The quantitative estimate of drug-likeness (QED) is 0.172. The molecule has 0 radical (unpaired) electrons. The van der Waals surface area contributed by atoms with Crippen molar-refractivity contribution in [2.75, 3.05) is 10.6 Å². The number of carboxylic acid groups (broad SMARTS) is 2. The number of esters is 1. The Labute approximate surface area is 228 Å². The van der Waals surface area contributed by atoms with Gasteiger partial charge in [0.15, 0.2) is 21.7 Å². The van der Waals surface area contributed by atoms with Gasteiger partial charge in [-0.15, -0.1) is 46.4 Å². The largest absolute Gasteiger partial charge is 0.477 e. The summed E-state index contributed by atoms with van der Waals surface area (Å²) in [5.74, 6) is -2.51. The fraction of sp³-hybridized carbons (Fsp3) is 0.190. The lowest BCUT2D eigenvalue weighted by molar-refractivity contribution is 0.00634. The number of nitrogens with one attached hydrogen (secondary N) is 2. The number of carboxylic acids is 2. The fourth-order valence-corrected chi connectivity index (χ4v) is 5.00. The Balaban J connectivity index is 0.000000265. The summed E-state index contributed by atoms with van der Waals surface area (Å²) in [7, 11) is 0. The summed E-state index contributed by atoms with van der Waals surface area (Å²) in [6.45, 7) is 5.34. The predicted molar refractivity (Wildman–Crippen MR) is 146 cm³/mol. The maximum Gasteiger partial charge on any atom is 0.358 e. The minimum absolute atomic E-state index is 0. The molecule has 36 heavy (non-hydrogen) atoms. The van der Waals surface area contributed by atoms with Crippen molar-refractivity contribution in [2.45, 2.75) is 26.4 Å². The Hall–Kier alpha value is -3.04. The van der Waals surface area contributed by atoms with Gasteiger partial charge in [-0.05, 0) is 43.7 Å². The van der Waals surface area contributed by atoms with E-state index in [-0.39, 0.29) is 28.7 Å². The lowest BCUT2D eigenvalue weighted by Crippen LogP contribution is -2.24. The molecule has 0 fully saturated rings. The first-order valence-corrected chi connectivity index (χ1v) is 13.3. The minimum Gasteiger partial charge on any atom is -0.477 e. The molecule has 4 heterocycles. The van der Waals surface area contributed by atoms with Crippen LogP contribution in [0, 0.1) is 0 Å². The van der Waals surface area contributed by atoms with Gasteiger partial charge in [0, 0.05) is 16.1 Å². The monoisotopic (exact) mass is 588 g/mol. The zero-order valence-corrected chi connectivity index (χ0v) is 23.1. The number of anilines is 4. The first-order chi connectivity index (χ1) is 16.5. The number of hydrogen-bond donors (Lipinski definition) is 4. The highest BCUT2D eigenvalue weighted by molar-refractivity contribution is 7.14. The van der Waals surface area contributed by atoms with Crippen molar-refractivity contribution in [1.29, 1.82) is 0 Å². The fourth-order valence-electron chi connectivity index (χ4n) is 2.33. The van der Waals surface area contributed by atoms with Crippen molar-refractivity contribution in [2.24, 2.45) is 0 Å². The molecule has 15 heteroatoms. The van der Waals surface area contributed by atoms with Gasteiger partial charge in [-0.3, -0.25) is 0 Å². The molecule has 0 amide bonds. The van der Waals surface area contributed by atoms with Crippen molar-refractivity contribution >= 4 is 97.3 Å². The van der Waals surface area contributed by atoms with Crippen LogP contribution in [0.5, 0.6) is 0 Å². The molecule has 0 atom stereocenters. The average molecular weight is 589 g/mol. The predicted octanol–water partition coefficient (Wildman–Crippen LogP) is 6.67. The summed E-state index contributed by atoms with van der Waals surface area (Å²) in [4.78, 5) is 41.6. The molecule has 0 bridgehead atoms. The molecular formula is C21H21ClN4O6S4. The molecule has 4 aromatic heterocycles. The van der Waals surface area contributed by atoms with Crippen LogP contribution in [0.1, 0.15) is 51.4 Å². The molecule has 10 nitrogen and oxygen atoms in total. The van der Waals surface area contributed by atoms with Crippen molar-refractivity contribution < 1.29 is 29.3 Å². The Morgan fingerprint density at radius 1 is 0.861 bits per heavy atom. The zero-order chi connectivity index (χ0) is 25.6. The van der Waals surface area contributed by atoms with E-state index in [1.807, 2.05) is 16.8 Å². The average Bonchev–Trinajstić information content (AvgIpc) is 3.56. The topological polar surface area (TPSA) is 151 Å². The van der Waals surface area contributed by atoms with Gasteiger partial charge in [0.25, 0.3) is 0 Å². The van der Waals surface area contributed by atoms with Gasteiger partial charge < -0.3 is 25.6 Å². The number of ether oxygens (including phenoxy) is 1. The van der Waals surface area contributed by atoms with Crippen LogP contribution in [0.4, 0.5) is 21.6 Å². The number of nitrogens with zero attached hydrogens (tertiary/aromatic N) is 2. The second kappa shape index (κ2) is 12.8. The number of aromatic nitrogens is 2. The number of rotatable bonds is 7. The van der Waals surface area contributed by atoms with Crippen molar-refractivity contribution in [1.82, 2.24) is 9.97 Å². The van der Waals surface area contributed by atoms with Crippen LogP contribution in [0.3, 0.4) is 0 Å². The number of thiazole rings is 2. The minimum atomic E-state index is -1.00. The zero-order valence-electron chi connectivity index (χ0n) is 19.0. The molecule has 4 rings (SSSR count). The summed E-state index contributed by atoms with van der Waals surface area (Å²) in [5, 5.41) is 33.3. The van der Waals surface area contributed by atoms with Crippen LogP contribution in [-0.4, -0.2) is 43.7 Å². The van der Waals surface area contributed by atoms with Crippen LogP contribution in [0.2, 0.25) is 0 Å². The molecule has 0 aliphatic carbocycles. The number of hydrogen-bond acceptors (Lipinski definition) is 12. The standard InChI is InChI=1S/C13H14N2O4S2.C8H6N2O2S2.ClH/c1-13(2,3)19-11(18)8-6-21-12(15-8)14-7-4-5-20-9(7)10(16)17;11-7(12)6-4-14-8(10-6)9-5-1-2-13-3-5;/h4-6H,1-3H3,(H,14,15)(H,16,17);1-4H,(H,9,10)(H,11,12);1H. The molecule has 0 saturated heterocycles. The van der Waals surface area contributed by atoms with Gasteiger partial charge in [0.1, 0.15) is 10.5 Å². The second-order valence-electron chi connectivity index (χ2n) is 7.61. The summed E-state index contributed by atoms with van der Waals surface area (Å²) in [6, 6.07) is 3.56. The Kier molecular flexibility index (Phi) is 10.4. The van der Waals surface area contributed by atoms with Crippen LogP contribution in [-0.2, 0) is 4.74 Å². The molecule has 0 spiro atoms. The van der Waals surface area contributed by atoms with E-state index in [9.17, 15) is 14.4 Å². The molecule has 0 aliphatic rings. The second-order valence-corrected chi connectivity index (χ2v) is 11.0. The van der Waals surface area contributed by atoms with E-state index >= 15 is 0 Å². The van der Waals surface area contributed by atoms with Crippen LogP contribution in [0.25, 0.3) is 0 Å². The maximum atomic E-state index is 11.9. The van der Waals surface area contributed by atoms with Crippen molar-refractivity contribution in [3.63, 3.8) is 0 Å². The van der Waals surface area contributed by atoms with Crippen LogP contribution >= 0.6 is 57.8 Å². The van der Waals surface area contributed by atoms with Gasteiger partial charge in [-0.1, -0.05) is 0 Å². The summed E-state index contributed by atoms with van der Waals surface area (Å²) in [6.07, 6.45) is 0. The Morgan fingerprint density at radius 2 is 1.50 bits per heavy atom. The molecule has 192 valence electrons. The first kappa shape index (κ1) is 29.2. The number of halogens is 1. The maximum absolute atomic E-state index is 11.9. The van der Waals surface area contributed by atoms with E-state index in [1.165, 1.54) is 28.1 Å². The first-order valence-electron chi connectivity index (χ1n) is 9.76. The molecule has 0 unspecified atom stereocenters. The van der Waals surface area contributed by atoms with Crippen LogP contribution < -0.4 is 10.6 Å². The highest BCUT2D eigenvalue weighted by Gasteiger charge is 2.21. The van der Waals surface area contributed by atoms with Gasteiger partial charge in [0.2, 0.25) is 0 Å².